The van der Waals surface area contributed by atoms with Crippen LogP contribution in [-0.2, 0) is 14.1 Å². The zero-order valence-corrected chi connectivity index (χ0v) is 9.91. The second-order valence-electron chi connectivity index (χ2n) is 3.32. The lowest BCUT2D eigenvalue weighted by atomic mass is 10.2. The summed E-state index contributed by atoms with van der Waals surface area (Å²) in [5, 5.41) is 0.873. The van der Waals surface area contributed by atoms with Crippen molar-refractivity contribution >= 4 is 26.7 Å². The molecule has 5 heteroatoms. The molecule has 0 radical (unpaired) electrons. The van der Waals surface area contributed by atoms with E-state index >= 15 is 0 Å². The van der Waals surface area contributed by atoms with Crippen molar-refractivity contribution in [3.63, 3.8) is 0 Å². The van der Waals surface area contributed by atoms with Gasteiger partial charge in [-0.05, 0) is 28.1 Å². The van der Waals surface area contributed by atoms with Gasteiger partial charge in [-0.15, -0.1) is 0 Å². The van der Waals surface area contributed by atoms with Crippen LogP contribution in [0.25, 0.3) is 10.8 Å². The second-order valence-corrected chi connectivity index (χ2v) is 4.17. The molecule has 0 amide bonds. The van der Waals surface area contributed by atoms with E-state index in [9.17, 15) is 9.59 Å². The molecular weight excluding hydrogens is 260 g/mol. The summed E-state index contributed by atoms with van der Waals surface area (Å²) in [6.45, 7) is 0. The van der Waals surface area contributed by atoms with Crippen molar-refractivity contribution in [2.24, 2.45) is 14.1 Å². The van der Waals surface area contributed by atoms with E-state index in [4.69, 9.17) is 0 Å². The summed E-state index contributed by atoms with van der Waals surface area (Å²) in [4.78, 5) is 23.7. The van der Waals surface area contributed by atoms with Gasteiger partial charge >= 0.3 is 0 Å². The van der Waals surface area contributed by atoms with Gasteiger partial charge in [0.25, 0.3) is 11.1 Å². The van der Waals surface area contributed by atoms with E-state index in [2.05, 4.69) is 15.9 Å². The third kappa shape index (κ3) is 1.34. The van der Waals surface area contributed by atoms with Crippen molar-refractivity contribution in [3.05, 3.63) is 43.4 Å². The molecule has 1 aromatic carbocycles. The summed E-state index contributed by atoms with van der Waals surface area (Å²) in [5.41, 5.74) is -0.354. The normalized spacial score (nSPS) is 10.9. The van der Waals surface area contributed by atoms with Gasteiger partial charge in [0.15, 0.2) is 0 Å². The lowest BCUT2D eigenvalue weighted by Crippen LogP contribution is -2.35. The minimum Gasteiger partial charge on any atom is -0.267 e. The molecule has 0 saturated heterocycles. The number of fused-ring (bicyclic) bond motifs is 1. The number of nitrogens with zero attached hydrogens (tertiary/aromatic N) is 2. The average molecular weight is 269 g/mol. The molecule has 1 heterocycles. The Labute approximate surface area is 93.9 Å². The maximum Gasteiger partial charge on any atom is 0.274 e. The average Bonchev–Trinajstić information content (AvgIpc) is 2.23. The summed E-state index contributed by atoms with van der Waals surface area (Å²) < 4.78 is 3.25. The Hall–Kier alpha value is -1.36. The number of hydrogen-bond acceptors (Lipinski definition) is 2. The van der Waals surface area contributed by atoms with Gasteiger partial charge in [0.05, 0.1) is 10.8 Å². The quantitative estimate of drug-likeness (QED) is 0.716. The van der Waals surface area contributed by atoms with E-state index in [1.54, 1.807) is 32.3 Å². The SMILES string of the molecule is Cn1c(=O)c2cccc(Br)c2c(=O)n1C. The van der Waals surface area contributed by atoms with Gasteiger partial charge < -0.3 is 0 Å². The van der Waals surface area contributed by atoms with Crippen LogP contribution in [0.1, 0.15) is 0 Å². The topological polar surface area (TPSA) is 44.0 Å². The molecule has 0 N–H and O–H groups in total. The fraction of sp³-hybridized carbons (Fsp3) is 0.200. The van der Waals surface area contributed by atoms with Gasteiger partial charge in [-0.1, -0.05) is 6.07 Å². The predicted octanol–water partition coefficient (Wildman–Crippen LogP) is 1.000. The van der Waals surface area contributed by atoms with Crippen LogP contribution in [0.5, 0.6) is 0 Å². The maximum atomic E-state index is 11.9. The van der Waals surface area contributed by atoms with Gasteiger partial charge in [-0.3, -0.25) is 19.0 Å². The summed E-state index contributed by atoms with van der Waals surface area (Å²) >= 11 is 3.28. The highest BCUT2D eigenvalue weighted by molar-refractivity contribution is 9.10. The molecule has 0 unspecified atom stereocenters. The molecule has 2 rings (SSSR count). The Kier molecular flexibility index (Phi) is 2.26. The number of benzene rings is 1. The fourth-order valence-electron chi connectivity index (χ4n) is 1.53. The minimum atomic E-state index is -0.181. The molecule has 0 fully saturated rings. The van der Waals surface area contributed by atoms with Gasteiger partial charge in [-0.2, -0.15) is 0 Å². The van der Waals surface area contributed by atoms with Crippen LogP contribution in [-0.4, -0.2) is 9.36 Å². The molecule has 0 aliphatic rings. The summed E-state index contributed by atoms with van der Waals surface area (Å²) in [7, 11) is 3.15. The molecule has 0 aliphatic carbocycles. The third-order valence-electron chi connectivity index (χ3n) is 2.50. The van der Waals surface area contributed by atoms with Crippen molar-refractivity contribution in [3.8, 4) is 0 Å². The van der Waals surface area contributed by atoms with E-state index in [1.807, 2.05) is 0 Å². The monoisotopic (exact) mass is 268 g/mol. The van der Waals surface area contributed by atoms with Crippen LogP contribution in [0.15, 0.2) is 32.3 Å². The number of hydrogen-bond donors (Lipinski definition) is 0. The smallest absolute Gasteiger partial charge is 0.267 e. The Morgan fingerprint density at radius 3 is 2.33 bits per heavy atom. The van der Waals surface area contributed by atoms with Crippen LogP contribution in [0.3, 0.4) is 0 Å². The Bertz CT molecular complexity index is 655. The second kappa shape index (κ2) is 3.34. The van der Waals surface area contributed by atoms with Crippen molar-refractivity contribution in [1.29, 1.82) is 0 Å². The van der Waals surface area contributed by atoms with Gasteiger partial charge in [0, 0.05) is 18.6 Å². The molecule has 2 aromatic rings. The van der Waals surface area contributed by atoms with Gasteiger partial charge in [0.1, 0.15) is 0 Å². The summed E-state index contributed by atoms with van der Waals surface area (Å²) in [6, 6.07) is 5.15. The third-order valence-corrected chi connectivity index (χ3v) is 3.16. The standard InChI is InChI=1S/C10H9BrN2O2/c1-12-9(14)6-4-3-5-7(11)8(6)10(15)13(12)2/h3-5H,1-2H3. The molecule has 0 aliphatic heterocycles. The summed E-state index contributed by atoms with van der Waals surface area (Å²) in [5.74, 6) is 0. The van der Waals surface area contributed by atoms with Crippen LogP contribution in [0, 0.1) is 0 Å². The molecule has 0 atom stereocenters. The first-order chi connectivity index (χ1) is 7.04. The Morgan fingerprint density at radius 2 is 1.67 bits per heavy atom. The molecule has 78 valence electrons. The molecule has 0 bridgehead atoms. The first-order valence-corrected chi connectivity index (χ1v) is 5.18. The molecule has 0 spiro atoms. The fourth-order valence-corrected chi connectivity index (χ4v) is 2.06. The van der Waals surface area contributed by atoms with E-state index in [1.165, 1.54) is 9.36 Å². The molecule has 15 heavy (non-hydrogen) atoms. The zero-order valence-electron chi connectivity index (χ0n) is 8.32. The number of aromatic nitrogens is 2. The molecular formula is C10H9BrN2O2. The van der Waals surface area contributed by atoms with Crippen LogP contribution in [0.4, 0.5) is 0 Å². The largest absolute Gasteiger partial charge is 0.274 e. The van der Waals surface area contributed by atoms with Gasteiger partial charge in [0.2, 0.25) is 0 Å². The van der Waals surface area contributed by atoms with Crippen molar-refractivity contribution in [2.75, 3.05) is 0 Å². The molecule has 1 aromatic heterocycles. The summed E-state index contributed by atoms with van der Waals surface area (Å²) in [6.07, 6.45) is 0. The lowest BCUT2D eigenvalue weighted by molar-refractivity contribution is 0.542. The van der Waals surface area contributed by atoms with E-state index in [0.29, 0.717) is 15.2 Å². The first-order valence-electron chi connectivity index (χ1n) is 4.38. The van der Waals surface area contributed by atoms with Crippen LogP contribution in [0.2, 0.25) is 0 Å². The highest BCUT2D eigenvalue weighted by atomic mass is 79.9. The molecule has 4 nitrogen and oxygen atoms in total. The predicted molar refractivity (Wildman–Crippen MR) is 62.1 cm³/mol. The van der Waals surface area contributed by atoms with E-state index in [0.717, 1.165) is 0 Å². The minimum absolute atomic E-state index is 0.173. The number of rotatable bonds is 0. The van der Waals surface area contributed by atoms with Crippen molar-refractivity contribution in [2.45, 2.75) is 0 Å². The Morgan fingerprint density at radius 1 is 1.07 bits per heavy atom. The number of halogens is 1. The maximum absolute atomic E-state index is 11.9. The lowest BCUT2D eigenvalue weighted by Gasteiger charge is -2.08. The first kappa shape index (κ1) is 10.2. The van der Waals surface area contributed by atoms with E-state index in [-0.39, 0.29) is 11.1 Å². The van der Waals surface area contributed by atoms with Crippen LogP contribution < -0.4 is 11.1 Å². The van der Waals surface area contributed by atoms with E-state index < -0.39 is 0 Å². The molecule has 0 saturated carbocycles. The van der Waals surface area contributed by atoms with Crippen LogP contribution >= 0.6 is 15.9 Å². The van der Waals surface area contributed by atoms with Crippen molar-refractivity contribution in [1.82, 2.24) is 9.36 Å². The Balaban J connectivity index is 3.23. The zero-order chi connectivity index (χ0) is 11.2. The highest BCUT2D eigenvalue weighted by Gasteiger charge is 2.10. The van der Waals surface area contributed by atoms with Crippen molar-refractivity contribution < 1.29 is 0 Å². The van der Waals surface area contributed by atoms with Gasteiger partial charge in [-0.25, -0.2) is 0 Å². The highest BCUT2D eigenvalue weighted by Crippen LogP contribution is 2.17.